The summed E-state index contributed by atoms with van der Waals surface area (Å²) in [5, 5.41) is 3.47. The number of H-pyrrole nitrogens is 1. The smallest absolute Gasteiger partial charge is 0.330 e. The number of ether oxygens (including phenoxy) is 4. The summed E-state index contributed by atoms with van der Waals surface area (Å²) >= 11 is 0. The molecule has 14 heteroatoms. The number of nitrogens with zero attached hydrogens (tertiary/aromatic N) is 4. The summed E-state index contributed by atoms with van der Waals surface area (Å²) in [7, 11) is 0. The first-order valence-electron chi connectivity index (χ1n) is 8.13. The highest BCUT2D eigenvalue weighted by atomic mass is 16.7. The molecule has 0 unspecified atom stereocenters. The van der Waals surface area contributed by atoms with Gasteiger partial charge < -0.3 is 18.9 Å². The third-order valence-corrected chi connectivity index (χ3v) is 3.77. The number of hydrogen-bond donors (Lipinski definition) is 1. The van der Waals surface area contributed by atoms with Gasteiger partial charge in [0.05, 0.1) is 0 Å². The molecule has 4 atom stereocenters. The summed E-state index contributed by atoms with van der Waals surface area (Å²) < 4.78 is 21.7. The molecule has 0 amide bonds. The number of aromatic nitrogens is 2. The lowest BCUT2D eigenvalue weighted by Gasteiger charge is -2.29. The van der Waals surface area contributed by atoms with Crippen molar-refractivity contribution >= 4 is 17.9 Å². The molecule has 0 aliphatic carbocycles. The Morgan fingerprint density at radius 2 is 1.90 bits per heavy atom. The summed E-state index contributed by atoms with van der Waals surface area (Å²) in [6.45, 7) is 2.46. The molecule has 1 saturated heterocycles. The molecule has 0 bridgehead atoms. The van der Waals surface area contributed by atoms with Gasteiger partial charge in [0.25, 0.3) is 5.56 Å². The Bertz CT molecular complexity index is 979. The van der Waals surface area contributed by atoms with Crippen molar-refractivity contribution in [1.29, 1.82) is 0 Å². The normalized spacial score (nSPS) is 25.6. The molecule has 2 rings (SSSR count). The topological polar surface area (TPSA) is 192 Å². The number of esters is 3. The lowest BCUT2D eigenvalue weighted by atomic mass is 10.0. The highest BCUT2D eigenvalue weighted by Gasteiger charge is 2.61. The van der Waals surface area contributed by atoms with Crippen LogP contribution in [-0.4, -0.2) is 52.0 Å². The molecule has 1 aliphatic heterocycles. The minimum atomic E-state index is -2.16. The van der Waals surface area contributed by atoms with Gasteiger partial charge in [0.2, 0.25) is 5.72 Å². The van der Waals surface area contributed by atoms with Crippen LogP contribution < -0.4 is 11.2 Å². The van der Waals surface area contributed by atoms with Crippen molar-refractivity contribution in [3.63, 3.8) is 0 Å². The van der Waals surface area contributed by atoms with E-state index in [1.165, 1.54) is 0 Å². The van der Waals surface area contributed by atoms with E-state index in [1.54, 1.807) is 0 Å². The second-order valence-corrected chi connectivity index (χ2v) is 5.94. The number of rotatable bonds is 6. The van der Waals surface area contributed by atoms with Gasteiger partial charge in [-0.25, -0.2) is 4.79 Å². The second kappa shape index (κ2) is 8.58. The number of carbonyl (C=O) groups is 3. The van der Waals surface area contributed by atoms with Crippen LogP contribution in [0.4, 0.5) is 0 Å². The average Bonchev–Trinajstić information content (AvgIpc) is 2.87. The fourth-order valence-electron chi connectivity index (χ4n) is 2.75. The van der Waals surface area contributed by atoms with Gasteiger partial charge in [0.1, 0.15) is 6.61 Å². The highest BCUT2D eigenvalue weighted by molar-refractivity contribution is 5.68. The van der Waals surface area contributed by atoms with Crippen LogP contribution in [0.2, 0.25) is 0 Å². The SMILES string of the molecule is CC(=O)OC[C@@]1(N=[N+]=[N-])O[C@@H](n2ccc(=O)[nH]c2=O)[C@@H](OC(C)=O)[C@@H]1OC(C)=O. The molecule has 0 radical (unpaired) electrons. The predicted octanol–water partition coefficient (Wildman–Crippen LogP) is -0.501. The van der Waals surface area contributed by atoms with Crippen molar-refractivity contribution in [2.45, 2.75) is 44.9 Å². The van der Waals surface area contributed by atoms with E-state index in [9.17, 15) is 24.0 Å². The molecule has 14 nitrogen and oxygen atoms in total. The summed E-state index contributed by atoms with van der Waals surface area (Å²) in [6, 6.07) is 0.996. The van der Waals surface area contributed by atoms with Crippen molar-refractivity contribution in [1.82, 2.24) is 9.55 Å². The zero-order valence-electron chi connectivity index (χ0n) is 15.6. The van der Waals surface area contributed by atoms with Gasteiger partial charge >= 0.3 is 23.6 Å². The highest BCUT2D eigenvalue weighted by Crippen LogP contribution is 2.42. The van der Waals surface area contributed by atoms with Crippen LogP contribution in [0.25, 0.3) is 10.4 Å². The number of azide groups is 1. The molecular weight excluding hydrogens is 394 g/mol. The molecule has 1 aliphatic rings. The molecular formula is C15H17N5O9. The first-order chi connectivity index (χ1) is 13.6. The van der Waals surface area contributed by atoms with Gasteiger partial charge in [0.15, 0.2) is 18.4 Å². The lowest BCUT2D eigenvalue weighted by molar-refractivity contribution is -0.176. The third kappa shape index (κ3) is 4.80. The van der Waals surface area contributed by atoms with Gasteiger partial charge in [-0.05, 0) is 5.53 Å². The van der Waals surface area contributed by atoms with E-state index in [1.807, 2.05) is 4.98 Å². The Labute approximate surface area is 161 Å². The van der Waals surface area contributed by atoms with Crippen molar-refractivity contribution in [2.75, 3.05) is 6.61 Å². The minimum Gasteiger partial charge on any atom is -0.462 e. The van der Waals surface area contributed by atoms with Gasteiger partial charge in [-0.15, -0.1) is 0 Å². The van der Waals surface area contributed by atoms with E-state index in [2.05, 4.69) is 10.0 Å². The predicted molar refractivity (Wildman–Crippen MR) is 91.1 cm³/mol. The van der Waals surface area contributed by atoms with Gasteiger partial charge in [-0.2, -0.15) is 0 Å². The number of aromatic amines is 1. The maximum atomic E-state index is 12.2. The van der Waals surface area contributed by atoms with E-state index in [0.29, 0.717) is 0 Å². The van der Waals surface area contributed by atoms with Crippen LogP contribution in [0.5, 0.6) is 0 Å². The van der Waals surface area contributed by atoms with Crippen molar-refractivity contribution < 1.29 is 33.3 Å². The molecule has 1 aromatic heterocycles. The largest absolute Gasteiger partial charge is 0.462 e. The molecule has 0 spiro atoms. The summed E-state index contributed by atoms with van der Waals surface area (Å²) in [6.07, 6.45) is -3.51. The van der Waals surface area contributed by atoms with E-state index in [4.69, 9.17) is 24.5 Å². The van der Waals surface area contributed by atoms with Crippen LogP contribution >= 0.6 is 0 Å². The maximum absolute atomic E-state index is 12.2. The van der Waals surface area contributed by atoms with Crippen LogP contribution in [0, 0.1) is 0 Å². The Morgan fingerprint density at radius 1 is 1.24 bits per heavy atom. The Balaban J connectivity index is 2.65. The van der Waals surface area contributed by atoms with Crippen molar-refractivity contribution in [2.24, 2.45) is 5.11 Å². The van der Waals surface area contributed by atoms with Gasteiger partial charge in [0, 0.05) is 37.9 Å². The number of nitrogens with one attached hydrogen (secondary N) is 1. The van der Waals surface area contributed by atoms with E-state index in [0.717, 1.165) is 37.6 Å². The average molecular weight is 411 g/mol. The molecule has 2 heterocycles. The van der Waals surface area contributed by atoms with Crippen LogP contribution in [0.1, 0.15) is 27.0 Å². The monoisotopic (exact) mass is 411 g/mol. The first-order valence-corrected chi connectivity index (χ1v) is 8.13. The number of carbonyl (C=O) groups excluding carboxylic acids is 3. The van der Waals surface area contributed by atoms with E-state index in [-0.39, 0.29) is 0 Å². The van der Waals surface area contributed by atoms with Gasteiger partial charge in [-0.1, -0.05) is 5.11 Å². The van der Waals surface area contributed by atoms with Crippen LogP contribution in [-0.2, 0) is 33.3 Å². The van der Waals surface area contributed by atoms with Gasteiger partial charge in [-0.3, -0.25) is 28.7 Å². The van der Waals surface area contributed by atoms with E-state index >= 15 is 0 Å². The Kier molecular flexibility index (Phi) is 6.41. The molecule has 1 N–H and O–H groups in total. The molecule has 0 saturated carbocycles. The zero-order chi connectivity index (χ0) is 21.8. The van der Waals surface area contributed by atoms with Crippen molar-refractivity contribution in [3.8, 4) is 0 Å². The Hall–Kier alpha value is -3.64. The first kappa shape index (κ1) is 21.7. The van der Waals surface area contributed by atoms with Crippen LogP contribution in [0.15, 0.2) is 27.0 Å². The lowest BCUT2D eigenvalue weighted by Crippen LogP contribution is -2.49. The molecule has 0 aromatic carbocycles. The summed E-state index contributed by atoms with van der Waals surface area (Å²) in [5.74, 6) is -2.45. The fourth-order valence-corrected chi connectivity index (χ4v) is 2.75. The minimum absolute atomic E-state index is 0.703. The Morgan fingerprint density at radius 3 is 2.41 bits per heavy atom. The summed E-state index contributed by atoms with van der Waals surface area (Å²) in [5.41, 5.74) is 5.20. The second-order valence-electron chi connectivity index (χ2n) is 5.94. The maximum Gasteiger partial charge on any atom is 0.330 e. The molecule has 1 aromatic rings. The standard InChI is InChI=1S/C15H17N5O9/c1-7(21)26-6-15(18-19-16)12(28-9(3)23)11(27-8(2)22)13(29-15)20-5-4-10(24)17-14(20)25/h4-5,11-13H,6H2,1-3H3,(H,17,24,25)/t11-,12-,13+,15+/m0/s1. The van der Waals surface area contributed by atoms with Crippen molar-refractivity contribution in [3.05, 3.63) is 43.5 Å². The van der Waals surface area contributed by atoms with E-state index < -0.39 is 59.9 Å². The summed E-state index contributed by atoms with van der Waals surface area (Å²) in [4.78, 5) is 62.7. The fraction of sp³-hybridized carbons (Fsp3) is 0.533. The van der Waals surface area contributed by atoms with Crippen LogP contribution in [0.3, 0.4) is 0 Å². The molecule has 29 heavy (non-hydrogen) atoms. The molecule has 156 valence electrons. The number of hydrogen-bond acceptors (Lipinski definition) is 10. The third-order valence-electron chi connectivity index (χ3n) is 3.77. The molecule has 1 fully saturated rings. The zero-order valence-corrected chi connectivity index (χ0v) is 15.6. The quantitative estimate of drug-likeness (QED) is 0.211.